The van der Waals surface area contributed by atoms with Crippen molar-refractivity contribution in [2.24, 2.45) is 5.92 Å². The van der Waals surface area contributed by atoms with Gasteiger partial charge in [0, 0.05) is 12.3 Å². The fourth-order valence-electron chi connectivity index (χ4n) is 1.27. The SMILES string of the molecule is CC(C)C(=O)Cc1ccccc1C(=O)O. The molecule has 80 valence electrons. The smallest absolute Gasteiger partial charge is 0.335 e. The van der Waals surface area contributed by atoms with Gasteiger partial charge in [0.15, 0.2) is 0 Å². The van der Waals surface area contributed by atoms with Crippen LogP contribution in [0.2, 0.25) is 0 Å². The van der Waals surface area contributed by atoms with Crippen molar-refractivity contribution in [2.75, 3.05) is 0 Å². The Morgan fingerprint density at radius 3 is 2.40 bits per heavy atom. The van der Waals surface area contributed by atoms with E-state index in [1.807, 2.05) is 13.8 Å². The summed E-state index contributed by atoms with van der Waals surface area (Å²) in [6.45, 7) is 3.62. The average Bonchev–Trinajstić information content (AvgIpc) is 2.18. The number of aromatic carboxylic acids is 1. The molecule has 3 heteroatoms. The summed E-state index contributed by atoms with van der Waals surface area (Å²) in [7, 11) is 0. The summed E-state index contributed by atoms with van der Waals surface area (Å²) < 4.78 is 0. The number of carboxylic acids is 1. The Morgan fingerprint density at radius 1 is 1.27 bits per heavy atom. The van der Waals surface area contributed by atoms with Gasteiger partial charge in [-0.05, 0) is 11.6 Å². The van der Waals surface area contributed by atoms with E-state index in [0.29, 0.717) is 5.56 Å². The molecule has 0 aromatic heterocycles. The number of hydrogen-bond donors (Lipinski definition) is 1. The van der Waals surface area contributed by atoms with Crippen molar-refractivity contribution in [3.8, 4) is 0 Å². The number of Topliss-reactive ketones (excluding diaryl/α,β-unsaturated/α-hetero) is 1. The van der Waals surface area contributed by atoms with Crippen molar-refractivity contribution >= 4 is 11.8 Å². The lowest BCUT2D eigenvalue weighted by molar-refractivity contribution is -0.121. The van der Waals surface area contributed by atoms with Crippen molar-refractivity contribution < 1.29 is 14.7 Å². The normalized spacial score (nSPS) is 10.3. The third kappa shape index (κ3) is 2.91. The Morgan fingerprint density at radius 2 is 1.87 bits per heavy atom. The molecule has 0 saturated heterocycles. The number of carbonyl (C=O) groups is 2. The topological polar surface area (TPSA) is 54.4 Å². The standard InChI is InChI=1S/C12H14O3/c1-8(2)11(13)7-9-5-3-4-6-10(9)12(14)15/h3-6,8H,7H2,1-2H3,(H,14,15). The summed E-state index contributed by atoms with van der Waals surface area (Å²) in [5, 5.41) is 8.91. The van der Waals surface area contributed by atoms with Crippen molar-refractivity contribution in [2.45, 2.75) is 20.3 Å². The zero-order valence-electron chi connectivity index (χ0n) is 8.86. The van der Waals surface area contributed by atoms with Crippen LogP contribution in [-0.2, 0) is 11.2 Å². The average molecular weight is 206 g/mol. The van der Waals surface area contributed by atoms with Gasteiger partial charge in [-0.1, -0.05) is 32.0 Å². The molecule has 0 heterocycles. The molecule has 0 aliphatic heterocycles. The van der Waals surface area contributed by atoms with Crippen LogP contribution in [0.3, 0.4) is 0 Å². The molecule has 0 fully saturated rings. The van der Waals surface area contributed by atoms with Crippen molar-refractivity contribution in [1.82, 2.24) is 0 Å². The third-order valence-electron chi connectivity index (χ3n) is 2.26. The molecule has 0 bridgehead atoms. The van der Waals surface area contributed by atoms with Gasteiger partial charge in [0.1, 0.15) is 5.78 Å². The molecular formula is C12H14O3. The Kier molecular flexibility index (Phi) is 3.61. The highest BCUT2D eigenvalue weighted by Crippen LogP contribution is 2.12. The fraction of sp³-hybridized carbons (Fsp3) is 0.333. The minimum absolute atomic E-state index is 0.0590. The molecule has 0 amide bonds. The Bertz CT molecular complexity index is 380. The second-order valence-corrected chi connectivity index (χ2v) is 3.76. The maximum absolute atomic E-state index is 11.5. The number of carboxylic acid groups (broad SMARTS) is 1. The van der Waals surface area contributed by atoms with Gasteiger partial charge >= 0.3 is 5.97 Å². The number of ketones is 1. The molecule has 1 N–H and O–H groups in total. The molecule has 0 saturated carbocycles. The highest BCUT2D eigenvalue weighted by molar-refractivity contribution is 5.92. The van der Waals surface area contributed by atoms with E-state index in [1.54, 1.807) is 18.2 Å². The van der Waals surface area contributed by atoms with Crippen molar-refractivity contribution in [3.63, 3.8) is 0 Å². The first-order valence-electron chi connectivity index (χ1n) is 4.86. The van der Waals surface area contributed by atoms with Gasteiger partial charge in [-0.15, -0.1) is 0 Å². The van der Waals surface area contributed by atoms with Crippen LogP contribution >= 0.6 is 0 Å². The monoisotopic (exact) mass is 206 g/mol. The predicted octanol–water partition coefficient (Wildman–Crippen LogP) is 2.15. The van der Waals surface area contributed by atoms with Crippen molar-refractivity contribution in [1.29, 1.82) is 0 Å². The molecule has 0 unspecified atom stereocenters. The van der Waals surface area contributed by atoms with E-state index in [-0.39, 0.29) is 23.7 Å². The summed E-state index contributed by atoms with van der Waals surface area (Å²) in [6, 6.07) is 6.61. The van der Waals surface area contributed by atoms with E-state index >= 15 is 0 Å². The van der Waals surface area contributed by atoms with Crippen molar-refractivity contribution in [3.05, 3.63) is 35.4 Å². The summed E-state index contributed by atoms with van der Waals surface area (Å²) in [5.41, 5.74) is 0.801. The molecule has 0 aliphatic rings. The number of rotatable bonds is 4. The molecule has 0 atom stereocenters. The van der Waals surface area contributed by atoms with Crippen LogP contribution in [0.5, 0.6) is 0 Å². The van der Waals surface area contributed by atoms with Gasteiger partial charge in [-0.25, -0.2) is 4.79 Å². The van der Waals surface area contributed by atoms with E-state index in [2.05, 4.69) is 0 Å². The van der Waals surface area contributed by atoms with Gasteiger partial charge in [-0.2, -0.15) is 0 Å². The van der Waals surface area contributed by atoms with Gasteiger partial charge in [0.2, 0.25) is 0 Å². The molecule has 1 rings (SSSR count). The summed E-state index contributed by atoms with van der Waals surface area (Å²) >= 11 is 0. The fourth-order valence-corrected chi connectivity index (χ4v) is 1.27. The second-order valence-electron chi connectivity index (χ2n) is 3.76. The Labute approximate surface area is 88.7 Å². The molecule has 0 aliphatic carbocycles. The highest BCUT2D eigenvalue weighted by Gasteiger charge is 2.14. The van der Waals surface area contributed by atoms with Crippen LogP contribution in [0, 0.1) is 5.92 Å². The van der Waals surface area contributed by atoms with Gasteiger partial charge in [0.05, 0.1) is 5.56 Å². The number of hydrogen-bond acceptors (Lipinski definition) is 2. The van der Waals surface area contributed by atoms with E-state index in [0.717, 1.165) is 0 Å². The minimum atomic E-state index is -0.984. The Balaban J connectivity index is 2.94. The molecule has 3 nitrogen and oxygen atoms in total. The molecule has 15 heavy (non-hydrogen) atoms. The largest absolute Gasteiger partial charge is 0.478 e. The number of benzene rings is 1. The zero-order chi connectivity index (χ0) is 11.4. The lowest BCUT2D eigenvalue weighted by atomic mass is 9.97. The lowest BCUT2D eigenvalue weighted by Gasteiger charge is -2.06. The summed E-state index contributed by atoms with van der Waals surface area (Å²) in [6.07, 6.45) is 0.195. The zero-order valence-corrected chi connectivity index (χ0v) is 8.86. The lowest BCUT2D eigenvalue weighted by Crippen LogP contribution is -2.13. The minimum Gasteiger partial charge on any atom is -0.478 e. The third-order valence-corrected chi connectivity index (χ3v) is 2.26. The Hall–Kier alpha value is -1.64. The molecular weight excluding hydrogens is 192 g/mol. The van der Waals surface area contributed by atoms with Gasteiger partial charge in [0.25, 0.3) is 0 Å². The first-order valence-corrected chi connectivity index (χ1v) is 4.86. The summed E-state index contributed by atoms with van der Waals surface area (Å²) in [4.78, 5) is 22.4. The van der Waals surface area contributed by atoms with Crippen LogP contribution in [0.15, 0.2) is 24.3 Å². The van der Waals surface area contributed by atoms with Gasteiger partial charge < -0.3 is 5.11 Å². The van der Waals surface area contributed by atoms with Crippen LogP contribution in [0.25, 0.3) is 0 Å². The van der Waals surface area contributed by atoms with E-state index in [4.69, 9.17) is 5.11 Å². The molecule has 1 aromatic rings. The van der Waals surface area contributed by atoms with E-state index in [1.165, 1.54) is 6.07 Å². The quantitative estimate of drug-likeness (QED) is 0.821. The van der Waals surface area contributed by atoms with E-state index in [9.17, 15) is 9.59 Å². The molecule has 0 spiro atoms. The number of carbonyl (C=O) groups excluding carboxylic acids is 1. The van der Waals surface area contributed by atoms with Crippen LogP contribution in [0.4, 0.5) is 0 Å². The second kappa shape index (κ2) is 4.73. The predicted molar refractivity (Wildman–Crippen MR) is 57.0 cm³/mol. The maximum atomic E-state index is 11.5. The molecule has 1 aromatic carbocycles. The molecule has 0 radical (unpaired) electrons. The first-order chi connectivity index (χ1) is 7.02. The van der Waals surface area contributed by atoms with Crippen LogP contribution in [-0.4, -0.2) is 16.9 Å². The maximum Gasteiger partial charge on any atom is 0.335 e. The van der Waals surface area contributed by atoms with E-state index < -0.39 is 5.97 Å². The highest BCUT2D eigenvalue weighted by atomic mass is 16.4. The van der Waals surface area contributed by atoms with Crippen LogP contribution < -0.4 is 0 Å². The van der Waals surface area contributed by atoms with Crippen LogP contribution in [0.1, 0.15) is 29.8 Å². The first kappa shape index (κ1) is 11.4. The van der Waals surface area contributed by atoms with Gasteiger partial charge in [-0.3, -0.25) is 4.79 Å². The summed E-state index contributed by atoms with van der Waals surface area (Å²) in [5.74, 6) is -0.988.